The van der Waals surface area contributed by atoms with Gasteiger partial charge in [-0.2, -0.15) is 13.2 Å². The summed E-state index contributed by atoms with van der Waals surface area (Å²) in [5.41, 5.74) is 0. The molecule has 0 amide bonds. The van der Waals surface area contributed by atoms with Gasteiger partial charge < -0.3 is 15.1 Å². The van der Waals surface area contributed by atoms with E-state index in [1.807, 2.05) is 0 Å². The summed E-state index contributed by atoms with van der Waals surface area (Å²) in [5.74, 6) is 0.490. The summed E-state index contributed by atoms with van der Waals surface area (Å²) in [6.45, 7) is 0.932. The average Bonchev–Trinajstić information content (AvgIpc) is 3.05. The molecule has 19 heavy (non-hydrogen) atoms. The van der Waals surface area contributed by atoms with Crippen LogP contribution in [-0.4, -0.2) is 29.0 Å². The van der Waals surface area contributed by atoms with E-state index in [2.05, 4.69) is 20.8 Å². The van der Waals surface area contributed by atoms with E-state index < -0.39 is 12.6 Å². The Labute approximate surface area is 109 Å². The van der Waals surface area contributed by atoms with Crippen LogP contribution in [0.15, 0.2) is 4.42 Å². The van der Waals surface area contributed by atoms with Gasteiger partial charge in [-0.25, -0.2) is 0 Å². The fourth-order valence-electron chi connectivity index (χ4n) is 1.56. The van der Waals surface area contributed by atoms with Crippen LogP contribution in [-0.2, 0) is 6.54 Å². The van der Waals surface area contributed by atoms with Gasteiger partial charge in [0.2, 0.25) is 5.89 Å². The van der Waals surface area contributed by atoms with Crippen molar-refractivity contribution >= 4 is 6.01 Å². The van der Waals surface area contributed by atoms with Crippen LogP contribution in [0.2, 0.25) is 0 Å². The normalized spacial score (nSPS) is 15.7. The third-order valence-electron chi connectivity index (χ3n) is 2.75. The predicted molar refractivity (Wildman–Crippen MR) is 62.6 cm³/mol. The summed E-state index contributed by atoms with van der Waals surface area (Å²) < 4.78 is 41.0. The average molecular weight is 278 g/mol. The van der Waals surface area contributed by atoms with E-state index in [0.29, 0.717) is 31.4 Å². The number of anilines is 1. The molecule has 1 fully saturated rings. The molecule has 2 rings (SSSR count). The number of nitrogens with zero attached hydrogens (tertiary/aromatic N) is 2. The van der Waals surface area contributed by atoms with Crippen molar-refractivity contribution in [2.24, 2.45) is 0 Å². The highest BCUT2D eigenvalue weighted by molar-refractivity contribution is 5.16. The fraction of sp³-hybridized carbons (Fsp3) is 0.818. The predicted octanol–water partition coefficient (Wildman–Crippen LogP) is 2.47. The minimum atomic E-state index is -4.08. The second kappa shape index (κ2) is 6.23. The molecule has 0 aliphatic heterocycles. The number of nitrogens with one attached hydrogen (secondary N) is 2. The van der Waals surface area contributed by atoms with E-state index in [0.717, 1.165) is 0 Å². The van der Waals surface area contributed by atoms with Crippen molar-refractivity contribution in [3.63, 3.8) is 0 Å². The molecule has 1 aromatic rings. The highest BCUT2D eigenvalue weighted by atomic mass is 19.4. The smallest absolute Gasteiger partial charge is 0.389 e. The lowest BCUT2D eigenvalue weighted by molar-refractivity contribution is -0.135. The monoisotopic (exact) mass is 278 g/mol. The van der Waals surface area contributed by atoms with Gasteiger partial charge in [-0.3, -0.25) is 0 Å². The maximum Gasteiger partial charge on any atom is 0.389 e. The lowest BCUT2D eigenvalue weighted by atomic mass is 10.2. The minimum absolute atomic E-state index is 0.0979. The van der Waals surface area contributed by atoms with Crippen molar-refractivity contribution < 1.29 is 17.6 Å². The van der Waals surface area contributed by atoms with Gasteiger partial charge in [0.25, 0.3) is 0 Å². The molecule has 0 unspecified atom stereocenters. The zero-order chi connectivity index (χ0) is 13.7. The SMILES string of the molecule is FC(F)(F)CCCCNc1nnc(CNC2CC2)o1. The van der Waals surface area contributed by atoms with Crippen LogP contribution < -0.4 is 10.6 Å². The molecule has 1 saturated carbocycles. The maximum atomic E-state index is 11.9. The Balaban J connectivity index is 1.57. The maximum absolute atomic E-state index is 11.9. The third kappa shape index (κ3) is 5.91. The number of hydrogen-bond acceptors (Lipinski definition) is 5. The van der Waals surface area contributed by atoms with Crippen molar-refractivity contribution in [3.8, 4) is 0 Å². The van der Waals surface area contributed by atoms with Crippen LogP contribution in [0.3, 0.4) is 0 Å². The van der Waals surface area contributed by atoms with E-state index in [9.17, 15) is 13.2 Å². The lowest BCUT2D eigenvalue weighted by Crippen LogP contribution is -2.15. The van der Waals surface area contributed by atoms with Gasteiger partial charge in [-0.1, -0.05) is 5.10 Å². The van der Waals surface area contributed by atoms with Crippen molar-refractivity contribution in [1.29, 1.82) is 0 Å². The van der Waals surface area contributed by atoms with Gasteiger partial charge >= 0.3 is 12.2 Å². The van der Waals surface area contributed by atoms with Gasteiger partial charge in [0.1, 0.15) is 0 Å². The molecule has 0 aromatic carbocycles. The molecule has 5 nitrogen and oxygen atoms in total. The number of rotatable bonds is 8. The van der Waals surface area contributed by atoms with Crippen LogP contribution >= 0.6 is 0 Å². The second-order valence-electron chi connectivity index (χ2n) is 4.66. The molecule has 0 atom stereocenters. The van der Waals surface area contributed by atoms with E-state index in [-0.39, 0.29) is 12.4 Å². The number of unbranched alkanes of at least 4 members (excludes halogenated alkanes) is 1. The zero-order valence-corrected chi connectivity index (χ0v) is 10.5. The topological polar surface area (TPSA) is 63.0 Å². The van der Waals surface area contributed by atoms with Crippen LogP contribution in [0.25, 0.3) is 0 Å². The molecule has 0 bridgehead atoms. The largest absolute Gasteiger partial charge is 0.407 e. The number of halogens is 3. The van der Waals surface area contributed by atoms with Crippen molar-refractivity contribution in [2.75, 3.05) is 11.9 Å². The summed E-state index contributed by atoms with van der Waals surface area (Å²) in [6, 6.07) is 0.824. The first-order chi connectivity index (χ1) is 9.03. The molecule has 1 aromatic heterocycles. The number of alkyl halides is 3. The summed E-state index contributed by atoms with van der Waals surface area (Å²) in [5, 5.41) is 13.7. The van der Waals surface area contributed by atoms with E-state index in [1.165, 1.54) is 12.8 Å². The first kappa shape index (κ1) is 14.1. The molecular weight excluding hydrogens is 261 g/mol. The fourth-order valence-corrected chi connectivity index (χ4v) is 1.56. The quantitative estimate of drug-likeness (QED) is 0.715. The molecule has 2 N–H and O–H groups in total. The van der Waals surface area contributed by atoms with Crippen LogP contribution in [0.5, 0.6) is 0 Å². The van der Waals surface area contributed by atoms with Gasteiger partial charge in [0.05, 0.1) is 6.54 Å². The highest BCUT2D eigenvalue weighted by Gasteiger charge is 2.25. The van der Waals surface area contributed by atoms with Crippen LogP contribution in [0.4, 0.5) is 19.2 Å². The van der Waals surface area contributed by atoms with Gasteiger partial charge in [-0.05, 0) is 25.7 Å². The summed E-state index contributed by atoms with van der Waals surface area (Å²) in [6.07, 6.45) is -1.96. The first-order valence-corrected chi connectivity index (χ1v) is 6.39. The van der Waals surface area contributed by atoms with E-state index in [4.69, 9.17) is 4.42 Å². The molecule has 0 radical (unpaired) electrons. The van der Waals surface area contributed by atoms with Crippen LogP contribution in [0, 0.1) is 0 Å². The van der Waals surface area contributed by atoms with Crippen LogP contribution in [0.1, 0.15) is 38.0 Å². The Morgan fingerprint density at radius 2 is 2.00 bits per heavy atom. The van der Waals surface area contributed by atoms with E-state index >= 15 is 0 Å². The minimum Gasteiger partial charge on any atom is -0.407 e. The molecule has 0 spiro atoms. The zero-order valence-electron chi connectivity index (χ0n) is 10.5. The molecule has 1 aliphatic carbocycles. The van der Waals surface area contributed by atoms with Gasteiger partial charge in [0, 0.05) is 19.0 Å². The molecule has 108 valence electrons. The van der Waals surface area contributed by atoms with Crippen molar-refractivity contribution in [3.05, 3.63) is 5.89 Å². The standard InChI is InChI=1S/C11H17F3N4O/c12-11(13,14)5-1-2-6-15-10-18-17-9(19-10)7-16-8-3-4-8/h8,16H,1-7H2,(H,15,18). The van der Waals surface area contributed by atoms with Gasteiger partial charge in [0.15, 0.2) is 0 Å². The Hall–Kier alpha value is -1.31. The summed E-state index contributed by atoms with van der Waals surface area (Å²) in [4.78, 5) is 0. The Kier molecular flexibility index (Phi) is 4.62. The second-order valence-corrected chi connectivity index (χ2v) is 4.66. The molecule has 1 aliphatic rings. The molecule has 0 saturated heterocycles. The first-order valence-electron chi connectivity index (χ1n) is 6.39. The van der Waals surface area contributed by atoms with E-state index in [1.54, 1.807) is 0 Å². The lowest BCUT2D eigenvalue weighted by Gasteiger charge is -2.05. The van der Waals surface area contributed by atoms with Crippen molar-refractivity contribution in [1.82, 2.24) is 15.5 Å². The van der Waals surface area contributed by atoms with Gasteiger partial charge in [-0.15, -0.1) is 5.10 Å². The third-order valence-corrected chi connectivity index (χ3v) is 2.75. The summed E-state index contributed by atoms with van der Waals surface area (Å²) in [7, 11) is 0. The number of hydrogen-bond donors (Lipinski definition) is 2. The molecule has 1 heterocycles. The Morgan fingerprint density at radius 3 is 2.68 bits per heavy atom. The number of aromatic nitrogens is 2. The van der Waals surface area contributed by atoms with Crippen molar-refractivity contribution in [2.45, 2.75) is 50.9 Å². The molecular formula is C11H17F3N4O. The highest BCUT2D eigenvalue weighted by Crippen LogP contribution is 2.22. The molecule has 8 heteroatoms. The summed E-state index contributed by atoms with van der Waals surface area (Å²) >= 11 is 0. The Bertz CT molecular complexity index is 390. The Morgan fingerprint density at radius 1 is 1.21 bits per heavy atom.